The van der Waals surface area contributed by atoms with E-state index in [2.05, 4.69) is 6.92 Å². The van der Waals surface area contributed by atoms with Crippen LogP contribution in [-0.2, 0) is 4.74 Å². The number of unbranched alkanes of at least 4 members (excludes halogenated alkanes) is 11. The lowest BCUT2D eigenvalue weighted by molar-refractivity contribution is -0.341. The van der Waals surface area contributed by atoms with Gasteiger partial charge >= 0.3 is 0 Å². The molecule has 0 fully saturated rings. The summed E-state index contributed by atoms with van der Waals surface area (Å²) < 4.78 is 5.13. The van der Waals surface area contributed by atoms with Crippen LogP contribution >= 0.6 is 0 Å². The van der Waals surface area contributed by atoms with E-state index < -0.39 is 5.97 Å². The Bertz CT molecular complexity index is 205. The largest absolute Gasteiger partial charge is 0.343 e. The first-order valence-electron chi connectivity index (χ1n) is 9.21. The molecule has 0 aliphatic rings. The maximum Gasteiger partial charge on any atom is 0.277 e. The van der Waals surface area contributed by atoms with E-state index in [1.54, 1.807) is 0 Å². The predicted octanol–water partition coefficient (Wildman–Crippen LogP) is 5.14. The first kappa shape index (κ1) is 20.9. The molecular formula is C18H38O3. The Kier molecular flexibility index (Phi) is 14.7. The summed E-state index contributed by atoms with van der Waals surface area (Å²) in [6.07, 6.45) is 16.2. The first-order chi connectivity index (χ1) is 10.1. The van der Waals surface area contributed by atoms with Crippen molar-refractivity contribution in [3.63, 3.8) is 0 Å². The van der Waals surface area contributed by atoms with Crippen LogP contribution in [0.2, 0.25) is 0 Å². The zero-order chi connectivity index (χ0) is 15.8. The molecule has 3 nitrogen and oxygen atoms in total. The lowest BCUT2D eigenvalue weighted by Crippen LogP contribution is -2.32. The van der Waals surface area contributed by atoms with Crippen molar-refractivity contribution in [2.24, 2.45) is 0 Å². The SMILES string of the molecule is CCCCCCCCCCCCCOC(O)(O)CCCC. The van der Waals surface area contributed by atoms with Crippen LogP contribution in [0.5, 0.6) is 0 Å². The molecule has 0 heterocycles. The summed E-state index contributed by atoms with van der Waals surface area (Å²) in [4.78, 5) is 0. The molecule has 2 N–H and O–H groups in total. The molecule has 0 unspecified atom stereocenters. The lowest BCUT2D eigenvalue weighted by Gasteiger charge is -2.21. The predicted molar refractivity (Wildman–Crippen MR) is 89.1 cm³/mol. The molecule has 21 heavy (non-hydrogen) atoms. The van der Waals surface area contributed by atoms with E-state index in [1.807, 2.05) is 6.92 Å². The minimum atomic E-state index is -1.91. The fraction of sp³-hybridized carbons (Fsp3) is 1.00. The van der Waals surface area contributed by atoms with E-state index >= 15 is 0 Å². The molecule has 0 bridgehead atoms. The molecule has 0 aliphatic carbocycles. The van der Waals surface area contributed by atoms with Crippen LogP contribution in [0.25, 0.3) is 0 Å². The highest BCUT2D eigenvalue weighted by Gasteiger charge is 2.22. The van der Waals surface area contributed by atoms with Gasteiger partial charge in [-0.15, -0.1) is 0 Å². The molecular weight excluding hydrogens is 264 g/mol. The van der Waals surface area contributed by atoms with E-state index in [0.717, 1.165) is 25.7 Å². The topological polar surface area (TPSA) is 49.7 Å². The Morgan fingerprint density at radius 2 is 1.05 bits per heavy atom. The summed E-state index contributed by atoms with van der Waals surface area (Å²) >= 11 is 0. The minimum Gasteiger partial charge on any atom is -0.343 e. The molecule has 0 amide bonds. The highest BCUT2D eigenvalue weighted by atomic mass is 16.8. The lowest BCUT2D eigenvalue weighted by atomic mass is 10.1. The van der Waals surface area contributed by atoms with Gasteiger partial charge in [0.2, 0.25) is 0 Å². The monoisotopic (exact) mass is 302 g/mol. The smallest absolute Gasteiger partial charge is 0.277 e. The van der Waals surface area contributed by atoms with Gasteiger partial charge < -0.3 is 14.9 Å². The Morgan fingerprint density at radius 1 is 0.619 bits per heavy atom. The highest BCUT2D eigenvalue weighted by Crippen LogP contribution is 2.14. The summed E-state index contributed by atoms with van der Waals surface area (Å²) in [6, 6.07) is 0. The standard InChI is InChI=1S/C18H38O3/c1-3-5-7-8-9-10-11-12-13-14-15-17-21-18(19,20)16-6-4-2/h19-20H,3-17H2,1-2H3. The highest BCUT2D eigenvalue weighted by molar-refractivity contribution is 4.52. The number of hydrogen-bond acceptors (Lipinski definition) is 3. The Balaban J connectivity index is 3.18. The molecule has 0 spiro atoms. The third-order valence-electron chi connectivity index (χ3n) is 3.94. The van der Waals surface area contributed by atoms with Gasteiger partial charge in [-0.3, -0.25) is 0 Å². The molecule has 0 aliphatic heterocycles. The second kappa shape index (κ2) is 14.8. The molecule has 0 saturated heterocycles. The van der Waals surface area contributed by atoms with Gasteiger partial charge in [0, 0.05) is 6.42 Å². The van der Waals surface area contributed by atoms with Gasteiger partial charge in [-0.05, 0) is 12.8 Å². The summed E-state index contributed by atoms with van der Waals surface area (Å²) in [5, 5.41) is 19.1. The molecule has 3 heteroatoms. The molecule has 0 aromatic heterocycles. The van der Waals surface area contributed by atoms with Gasteiger partial charge in [0.1, 0.15) is 0 Å². The van der Waals surface area contributed by atoms with Gasteiger partial charge in [0.25, 0.3) is 5.97 Å². The fourth-order valence-corrected chi connectivity index (χ4v) is 2.48. The molecule has 0 aromatic carbocycles. The van der Waals surface area contributed by atoms with Crippen molar-refractivity contribution in [2.75, 3.05) is 6.61 Å². The number of hydrogen-bond donors (Lipinski definition) is 2. The van der Waals surface area contributed by atoms with Gasteiger partial charge in [-0.25, -0.2) is 0 Å². The Morgan fingerprint density at radius 3 is 1.52 bits per heavy atom. The van der Waals surface area contributed by atoms with Crippen molar-refractivity contribution in [3.8, 4) is 0 Å². The molecule has 0 radical (unpaired) electrons. The normalized spacial score (nSPS) is 12.0. The van der Waals surface area contributed by atoms with Crippen molar-refractivity contribution in [3.05, 3.63) is 0 Å². The average molecular weight is 302 g/mol. The molecule has 0 atom stereocenters. The van der Waals surface area contributed by atoms with Crippen LogP contribution < -0.4 is 0 Å². The van der Waals surface area contributed by atoms with Gasteiger partial charge in [-0.1, -0.05) is 84.5 Å². The van der Waals surface area contributed by atoms with Crippen molar-refractivity contribution >= 4 is 0 Å². The van der Waals surface area contributed by atoms with Gasteiger partial charge in [0.15, 0.2) is 0 Å². The summed E-state index contributed by atoms with van der Waals surface area (Å²) in [6.45, 7) is 4.73. The van der Waals surface area contributed by atoms with Crippen molar-refractivity contribution < 1.29 is 14.9 Å². The second-order valence-electron chi connectivity index (χ2n) is 6.23. The zero-order valence-electron chi connectivity index (χ0n) is 14.4. The second-order valence-corrected chi connectivity index (χ2v) is 6.23. The Hall–Kier alpha value is -0.120. The van der Waals surface area contributed by atoms with Crippen LogP contribution in [0.15, 0.2) is 0 Å². The van der Waals surface area contributed by atoms with E-state index in [0.29, 0.717) is 13.0 Å². The maximum absolute atomic E-state index is 9.54. The van der Waals surface area contributed by atoms with Crippen molar-refractivity contribution in [1.29, 1.82) is 0 Å². The molecule has 128 valence electrons. The van der Waals surface area contributed by atoms with Crippen LogP contribution in [0.3, 0.4) is 0 Å². The molecule has 0 saturated carbocycles. The van der Waals surface area contributed by atoms with Crippen LogP contribution in [0.1, 0.15) is 104 Å². The first-order valence-corrected chi connectivity index (χ1v) is 9.21. The zero-order valence-corrected chi connectivity index (χ0v) is 14.4. The number of rotatable bonds is 16. The fourth-order valence-electron chi connectivity index (χ4n) is 2.48. The number of aliphatic hydroxyl groups is 2. The summed E-state index contributed by atoms with van der Waals surface area (Å²) in [5.41, 5.74) is 0. The molecule has 0 aromatic rings. The Labute approximate surface area is 132 Å². The van der Waals surface area contributed by atoms with Crippen molar-refractivity contribution in [2.45, 2.75) is 110 Å². The maximum atomic E-state index is 9.54. The van der Waals surface area contributed by atoms with Crippen LogP contribution in [0.4, 0.5) is 0 Å². The quantitative estimate of drug-likeness (QED) is 0.306. The molecule has 0 rings (SSSR count). The summed E-state index contributed by atoms with van der Waals surface area (Å²) in [7, 11) is 0. The van der Waals surface area contributed by atoms with Gasteiger partial charge in [-0.2, -0.15) is 0 Å². The van der Waals surface area contributed by atoms with E-state index in [1.165, 1.54) is 57.8 Å². The average Bonchev–Trinajstić information content (AvgIpc) is 2.46. The van der Waals surface area contributed by atoms with E-state index in [9.17, 15) is 10.2 Å². The van der Waals surface area contributed by atoms with Crippen molar-refractivity contribution in [1.82, 2.24) is 0 Å². The number of ether oxygens (including phenoxy) is 1. The third kappa shape index (κ3) is 16.1. The van der Waals surface area contributed by atoms with E-state index in [-0.39, 0.29) is 0 Å². The van der Waals surface area contributed by atoms with E-state index in [4.69, 9.17) is 4.74 Å². The van der Waals surface area contributed by atoms with Crippen LogP contribution in [-0.4, -0.2) is 22.8 Å². The van der Waals surface area contributed by atoms with Crippen LogP contribution in [0, 0.1) is 0 Å². The summed E-state index contributed by atoms with van der Waals surface area (Å²) in [5.74, 6) is -1.91. The van der Waals surface area contributed by atoms with Gasteiger partial charge in [0.05, 0.1) is 6.61 Å². The minimum absolute atomic E-state index is 0.307. The third-order valence-corrected chi connectivity index (χ3v) is 3.94.